The van der Waals surface area contributed by atoms with Crippen molar-refractivity contribution in [2.75, 3.05) is 18.4 Å². The Morgan fingerprint density at radius 2 is 1.71 bits per heavy atom. The maximum atomic E-state index is 13.2. The molecule has 1 unspecified atom stereocenters. The molecule has 2 aromatic heterocycles. The molecule has 10 heteroatoms. The first-order chi connectivity index (χ1) is 18.2. The van der Waals surface area contributed by atoms with Gasteiger partial charge in [0, 0.05) is 24.2 Å². The van der Waals surface area contributed by atoms with Gasteiger partial charge < -0.3 is 5.32 Å². The summed E-state index contributed by atoms with van der Waals surface area (Å²) < 4.78 is 29.5. The van der Waals surface area contributed by atoms with Crippen molar-refractivity contribution in [1.29, 1.82) is 0 Å². The predicted octanol–water partition coefficient (Wildman–Crippen LogP) is 5.49. The Labute approximate surface area is 227 Å². The molecule has 8 nitrogen and oxygen atoms in total. The first-order valence-corrected chi connectivity index (χ1v) is 15.3. The number of rotatable bonds is 7. The van der Waals surface area contributed by atoms with Gasteiger partial charge in [-0.2, -0.15) is 4.31 Å². The number of thioether (sulfide) groups is 1. The number of fused-ring (bicyclic) bond motifs is 3. The van der Waals surface area contributed by atoms with Crippen LogP contribution in [0.2, 0.25) is 0 Å². The molecule has 0 bridgehead atoms. The quantitative estimate of drug-likeness (QED) is 0.305. The van der Waals surface area contributed by atoms with E-state index in [1.807, 2.05) is 17.4 Å². The van der Waals surface area contributed by atoms with E-state index in [1.54, 1.807) is 28.6 Å². The molecule has 1 fully saturated rings. The lowest BCUT2D eigenvalue weighted by Gasteiger charge is -2.25. The molecule has 1 N–H and O–H groups in total. The molecule has 5 rings (SSSR count). The smallest absolute Gasteiger partial charge is 0.243 e. The highest BCUT2D eigenvalue weighted by molar-refractivity contribution is 8.00. The van der Waals surface area contributed by atoms with Crippen molar-refractivity contribution in [3.63, 3.8) is 0 Å². The molecule has 0 spiro atoms. The van der Waals surface area contributed by atoms with Crippen molar-refractivity contribution in [1.82, 2.24) is 18.9 Å². The first kappa shape index (κ1) is 26.6. The van der Waals surface area contributed by atoms with Crippen LogP contribution >= 0.6 is 11.8 Å². The Balaban J connectivity index is 1.36. The number of piperidine rings is 1. The fourth-order valence-electron chi connectivity index (χ4n) is 5.13. The third-order valence-corrected chi connectivity index (χ3v) is 10.3. The van der Waals surface area contributed by atoms with Gasteiger partial charge in [0.1, 0.15) is 0 Å². The zero-order chi connectivity index (χ0) is 27.0. The normalized spacial score (nSPS) is 15.7. The second kappa shape index (κ2) is 10.7. The summed E-state index contributed by atoms with van der Waals surface area (Å²) in [7, 11) is -3.51. The number of aryl methyl sites for hydroxylation is 3. The summed E-state index contributed by atoms with van der Waals surface area (Å²) in [5.74, 6) is -0.162. The van der Waals surface area contributed by atoms with E-state index in [0.717, 1.165) is 46.9 Å². The van der Waals surface area contributed by atoms with E-state index in [1.165, 1.54) is 17.3 Å². The number of hydrogen-bond donors (Lipinski definition) is 1. The number of benzene rings is 2. The molecule has 1 saturated heterocycles. The number of carbonyl (C=O) groups excluding carboxylic acids is 1. The topological polar surface area (TPSA) is 96.7 Å². The number of sulfonamides is 1. The van der Waals surface area contributed by atoms with Crippen LogP contribution in [-0.2, 0) is 14.8 Å². The summed E-state index contributed by atoms with van der Waals surface area (Å²) in [6, 6.07) is 12.8. The molecular weight excluding hydrogens is 518 g/mol. The number of aromatic nitrogens is 3. The monoisotopic (exact) mass is 551 g/mol. The van der Waals surface area contributed by atoms with Gasteiger partial charge >= 0.3 is 0 Å². The van der Waals surface area contributed by atoms with Crippen LogP contribution in [0, 0.1) is 20.8 Å². The van der Waals surface area contributed by atoms with Crippen LogP contribution < -0.4 is 5.32 Å². The van der Waals surface area contributed by atoms with E-state index in [-0.39, 0.29) is 10.8 Å². The highest BCUT2D eigenvalue weighted by atomic mass is 32.2. The minimum absolute atomic E-state index is 0.162. The second-order valence-electron chi connectivity index (χ2n) is 9.97. The van der Waals surface area contributed by atoms with Crippen LogP contribution in [-0.4, -0.2) is 51.6 Å². The van der Waals surface area contributed by atoms with Crippen LogP contribution in [0.4, 0.5) is 5.69 Å². The van der Waals surface area contributed by atoms with Gasteiger partial charge in [0.2, 0.25) is 15.9 Å². The molecule has 38 heavy (non-hydrogen) atoms. The molecule has 4 aromatic rings. The molecule has 200 valence electrons. The molecule has 3 heterocycles. The van der Waals surface area contributed by atoms with E-state index in [0.29, 0.717) is 30.4 Å². The lowest BCUT2D eigenvalue weighted by atomic mass is 10.0. The average molecular weight is 552 g/mol. The summed E-state index contributed by atoms with van der Waals surface area (Å²) in [5.41, 5.74) is 5.83. The maximum absolute atomic E-state index is 13.2. The van der Waals surface area contributed by atoms with Gasteiger partial charge in [-0.1, -0.05) is 36.7 Å². The highest BCUT2D eigenvalue weighted by Crippen LogP contribution is 2.32. The number of anilines is 1. The van der Waals surface area contributed by atoms with Gasteiger partial charge in [-0.3, -0.25) is 9.20 Å². The Bertz CT molecular complexity index is 1610. The number of hydrogen-bond acceptors (Lipinski definition) is 6. The number of carbonyl (C=O) groups is 1. The van der Waals surface area contributed by atoms with Gasteiger partial charge in [-0.05, 0) is 87.6 Å². The molecule has 1 amide bonds. The first-order valence-electron chi connectivity index (χ1n) is 13.0. The summed E-state index contributed by atoms with van der Waals surface area (Å²) in [6.07, 6.45) is 3.43. The van der Waals surface area contributed by atoms with E-state index >= 15 is 0 Å². The number of pyridine rings is 1. The molecule has 1 aliphatic rings. The zero-order valence-corrected chi connectivity index (χ0v) is 23.8. The van der Waals surface area contributed by atoms with Crippen molar-refractivity contribution >= 4 is 49.9 Å². The van der Waals surface area contributed by atoms with E-state index in [2.05, 4.69) is 48.4 Å². The molecule has 0 aliphatic carbocycles. The Morgan fingerprint density at radius 1 is 1.00 bits per heavy atom. The third kappa shape index (κ3) is 5.04. The minimum Gasteiger partial charge on any atom is -0.325 e. The Kier molecular flexibility index (Phi) is 7.48. The Hall–Kier alpha value is -2.95. The van der Waals surface area contributed by atoms with E-state index < -0.39 is 15.3 Å². The molecule has 2 aromatic carbocycles. The maximum Gasteiger partial charge on any atom is 0.243 e. The van der Waals surface area contributed by atoms with Gasteiger partial charge in [-0.25, -0.2) is 8.42 Å². The number of nitrogens with zero attached hydrogens (tertiary/aromatic N) is 4. The van der Waals surface area contributed by atoms with Gasteiger partial charge in [0.25, 0.3) is 0 Å². The standard InChI is InChI=1S/C28H33N5O3S2/c1-5-24(27(34)29-21-9-11-22(12-10-21)38(35,36)32-13-7-6-8-14-32)37-28-31-30-25-17-19(3)23-16-18(2)15-20(4)26(23)33(25)28/h9-12,15-17,24H,5-8,13-14H2,1-4H3,(H,29,34). The van der Waals surface area contributed by atoms with E-state index in [4.69, 9.17) is 0 Å². The van der Waals surface area contributed by atoms with Crippen LogP contribution in [0.15, 0.2) is 52.5 Å². The summed E-state index contributed by atoms with van der Waals surface area (Å²) >= 11 is 1.39. The third-order valence-electron chi connectivity index (χ3n) is 7.08. The minimum atomic E-state index is -3.51. The van der Waals surface area contributed by atoms with Crippen molar-refractivity contribution in [2.24, 2.45) is 0 Å². The fourth-order valence-corrected chi connectivity index (χ4v) is 7.61. The molecule has 1 atom stereocenters. The van der Waals surface area contributed by atoms with E-state index in [9.17, 15) is 13.2 Å². The van der Waals surface area contributed by atoms with Crippen LogP contribution in [0.1, 0.15) is 49.3 Å². The fraction of sp³-hybridized carbons (Fsp3) is 0.393. The zero-order valence-electron chi connectivity index (χ0n) is 22.2. The number of amides is 1. The van der Waals surface area contributed by atoms with Crippen molar-refractivity contribution < 1.29 is 13.2 Å². The van der Waals surface area contributed by atoms with Crippen LogP contribution in [0.25, 0.3) is 16.6 Å². The lowest BCUT2D eigenvalue weighted by Crippen LogP contribution is -2.35. The summed E-state index contributed by atoms with van der Waals surface area (Å²) in [4.78, 5) is 13.5. The summed E-state index contributed by atoms with van der Waals surface area (Å²) in [5, 5.41) is 13.2. The highest BCUT2D eigenvalue weighted by Gasteiger charge is 2.26. The molecular formula is C28H33N5O3S2. The number of nitrogens with one attached hydrogen (secondary N) is 1. The summed E-state index contributed by atoms with van der Waals surface area (Å²) in [6.45, 7) is 9.33. The van der Waals surface area contributed by atoms with Crippen molar-refractivity contribution in [2.45, 2.75) is 68.7 Å². The van der Waals surface area contributed by atoms with Gasteiger partial charge in [0.05, 0.1) is 15.7 Å². The van der Waals surface area contributed by atoms with Crippen LogP contribution in [0.5, 0.6) is 0 Å². The largest absolute Gasteiger partial charge is 0.325 e. The van der Waals surface area contributed by atoms with Gasteiger partial charge in [0.15, 0.2) is 10.8 Å². The Morgan fingerprint density at radius 3 is 2.39 bits per heavy atom. The lowest BCUT2D eigenvalue weighted by molar-refractivity contribution is -0.115. The van der Waals surface area contributed by atoms with Crippen molar-refractivity contribution in [3.05, 3.63) is 59.2 Å². The second-order valence-corrected chi connectivity index (χ2v) is 13.1. The molecule has 1 aliphatic heterocycles. The van der Waals surface area contributed by atoms with Crippen LogP contribution in [0.3, 0.4) is 0 Å². The van der Waals surface area contributed by atoms with Gasteiger partial charge in [-0.15, -0.1) is 10.2 Å². The SMILES string of the molecule is CCC(Sc1nnc2cc(C)c3cc(C)cc(C)c3n12)C(=O)Nc1ccc(S(=O)(=O)N2CCCCC2)cc1. The molecule has 0 radical (unpaired) electrons. The molecule has 0 saturated carbocycles. The predicted molar refractivity (Wildman–Crippen MR) is 152 cm³/mol. The van der Waals surface area contributed by atoms with Crippen molar-refractivity contribution in [3.8, 4) is 0 Å². The average Bonchev–Trinajstić information content (AvgIpc) is 3.29.